The Labute approximate surface area is 123 Å². The molecule has 1 saturated heterocycles. The van der Waals surface area contributed by atoms with Crippen molar-refractivity contribution < 1.29 is 23.8 Å². The monoisotopic (exact) mass is 293 g/mol. The number of hydrogen-bond donors (Lipinski definition) is 0. The number of nitrogens with zero attached hydrogens (tertiary/aromatic N) is 1. The van der Waals surface area contributed by atoms with Crippen LogP contribution >= 0.6 is 0 Å². The molecular formula is C15H19NO5. The average Bonchev–Trinajstić information content (AvgIpc) is 2.65. The van der Waals surface area contributed by atoms with Crippen LogP contribution in [0.2, 0.25) is 0 Å². The van der Waals surface area contributed by atoms with Gasteiger partial charge in [-0.2, -0.15) is 0 Å². The van der Waals surface area contributed by atoms with Crippen LogP contribution < -0.4 is 9.47 Å². The van der Waals surface area contributed by atoms with Crippen LogP contribution in [0, 0.1) is 0 Å². The van der Waals surface area contributed by atoms with Gasteiger partial charge in [0.2, 0.25) is 0 Å². The summed E-state index contributed by atoms with van der Waals surface area (Å²) in [6.07, 6.45) is -0.0671. The maximum absolute atomic E-state index is 12.0. The number of ether oxygens (including phenoxy) is 3. The van der Waals surface area contributed by atoms with Crippen LogP contribution in [0.1, 0.15) is 19.4 Å². The van der Waals surface area contributed by atoms with Crippen molar-refractivity contribution in [2.75, 3.05) is 20.8 Å². The fraction of sp³-hybridized carbons (Fsp3) is 0.467. The van der Waals surface area contributed by atoms with Crippen molar-refractivity contribution in [2.45, 2.75) is 25.9 Å². The summed E-state index contributed by atoms with van der Waals surface area (Å²) in [7, 11) is 3.13. The third kappa shape index (κ3) is 2.94. The van der Waals surface area contributed by atoms with Crippen LogP contribution in [-0.4, -0.2) is 43.3 Å². The lowest BCUT2D eigenvalue weighted by Crippen LogP contribution is -2.37. The Morgan fingerprint density at radius 2 is 1.81 bits per heavy atom. The smallest absolute Gasteiger partial charge is 0.417 e. The molecule has 1 aliphatic heterocycles. The van der Waals surface area contributed by atoms with Gasteiger partial charge in [0.25, 0.3) is 5.91 Å². The molecule has 2 amide bonds. The van der Waals surface area contributed by atoms with Gasteiger partial charge in [-0.05, 0) is 38.0 Å². The quantitative estimate of drug-likeness (QED) is 0.831. The van der Waals surface area contributed by atoms with Crippen molar-refractivity contribution in [1.29, 1.82) is 0 Å². The van der Waals surface area contributed by atoms with E-state index in [0.29, 0.717) is 17.9 Å². The van der Waals surface area contributed by atoms with E-state index in [9.17, 15) is 9.59 Å². The summed E-state index contributed by atoms with van der Waals surface area (Å²) >= 11 is 0. The molecule has 0 atom stereocenters. The van der Waals surface area contributed by atoms with E-state index in [1.165, 1.54) is 0 Å². The molecule has 21 heavy (non-hydrogen) atoms. The van der Waals surface area contributed by atoms with Crippen LogP contribution in [-0.2, 0) is 16.0 Å². The summed E-state index contributed by atoms with van der Waals surface area (Å²) in [6.45, 7) is 3.45. The fourth-order valence-corrected chi connectivity index (χ4v) is 2.19. The first-order chi connectivity index (χ1) is 9.89. The van der Waals surface area contributed by atoms with Gasteiger partial charge in [0, 0.05) is 6.54 Å². The first-order valence-corrected chi connectivity index (χ1v) is 6.65. The molecule has 0 spiro atoms. The highest BCUT2D eigenvalue weighted by atomic mass is 16.6. The van der Waals surface area contributed by atoms with Crippen molar-refractivity contribution >= 4 is 12.0 Å². The van der Waals surface area contributed by atoms with E-state index in [-0.39, 0.29) is 12.5 Å². The van der Waals surface area contributed by atoms with Gasteiger partial charge < -0.3 is 14.2 Å². The normalized spacial score (nSPS) is 16.9. The summed E-state index contributed by atoms with van der Waals surface area (Å²) < 4.78 is 15.4. The molecule has 1 aromatic carbocycles. The predicted molar refractivity (Wildman–Crippen MR) is 75.5 cm³/mol. The van der Waals surface area contributed by atoms with Gasteiger partial charge in [0.15, 0.2) is 17.1 Å². The highest BCUT2D eigenvalue weighted by Gasteiger charge is 2.46. The summed E-state index contributed by atoms with van der Waals surface area (Å²) in [6, 6.07) is 5.50. The van der Waals surface area contributed by atoms with Gasteiger partial charge in [0.05, 0.1) is 14.2 Å². The number of imide groups is 1. The standard InChI is InChI=1S/C15H19NO5/c1-15(2)13(17)16(14(18)21-15)8-7-10-5-6-11(19-3)12(9-10)20-4/h5-6,9H,7-8H2,1-4H3. The van der Waals surface area contributed by atoms with Crippen LogP contribution in [0.5, 0.6) is 11.5 Å². The Morgan fingerprint density at radius 1 is 1.14 bits per heavy atom. The molecule has 1 heterocycles. The minimum Gasteiger partial charge on any atom is -0.493 e. The van der Waals surface area contributed by atoms with Crippen molar-refractivity contribution in [3.8, 4) is 11.5 Å². The molecule has 0 saturated carbocycles. The zero-order valence-corrected chi connectivity index (χ0v) is 12.6. The molecule has 1 fully saturated rings. The average molecular weight is 293 g/mol. The van der Waals surface area contributed by atoms with Gasteiger partial charge >= 0.3 is 6.09 Å². The molecule has 114 valence electrons. The maximum atomic E-state index is 12.0. The first-order valence-electron chi connectivity index (χ1n) is 6.65. The number of benzene rings is 1. The summed E-state index contributed by atoms with van der Waals surface area (Å²) in [5.41, 5.74) is -0.132. The molecule has 1 aromatic rings. The van der Waals surface area contributed by atoms with Gasteiger partial charge in [-0.3, -0.25) is 4.79 Å². The van der Waals surface area contributed by atoms with E-state index in [0.717, 1.165) is 10.5 Å². The van der Waals surface area contributed by atoms with Gasteiger partial charge in [-0.15, -0.1) is 0 Å². The number of carbonyl (C=O) groups excluding carboxylic acids is 2. The predicted octanol–water partition coefficient (Wildman–Crippen LogP) is 2.00. The number of rotatable bonds is 5. The fourth-order valence-electron chi connectivity index (χ4n) is 2.19. The molecule has 0 N–H and O–H groups in total. The van der Waals surface area contributed by atoms with Crippen molar-refractivity contribution in [3.63, 3.8) is 0 Å². The molecule has 0 aromatic heterocycles. The Bertz CT molecular complexity index is 567. The molecule has 0 unspecified atom stereocenters. The van der Waals surface area contributed by atoms with E-state index in [1.54, 1.807) is 34.1 Å². The number of hydrogen-bond acceptors (Lipinski definition) is 5. The summed E-state index contributed by atoms with van der Waals surface area (Å²) in [5.74, 6) is 0.942. The van der Waals surface area contributed by atoms with Crippen molar-refractivity contribution in [3.05, 3.63) is 23.8 Å². The number of cyclic esters (lactones) is 1. The lowest BCUT2D eigenvalue weighted by molar-refractivity contribution is -0.134. The van der Waals surface area contributed by atoms with Crippen LogP contribution in [0.4, 0.5) is 4.79 Å². The van der Waals surface area contributed by atoms with Crippen LogP contribution in [0.15, 0.2) is 18.2 Å². The molecule has 0 bridgehead atoms. The van der Waals surface area contributed by atoms with Gasteiger partial charge in [-0.25, -0.2) is 9.69 Å². The first kappa shape index (κ1) is 15.2. The third-order valence-electron chi connectivity index (χ3n) is 3.40. The molecule has 0 aliphatic carbocycles. The molecular weight excluding hydrogens is 274 g/mol. The largest absolute Gasteiger partial charge is 0.493 e. The molecule has 1 aliphatic rings. The Balaban J connectivity index is 2.07. The Hall–Kier alpha value is -2.24. The van der Waals surface area contributed by atoms with Gasteiger partial charge in [-0.1, -0.05) is 6.07 Å². The number of carbonyl (C=O) groups is 2. The van der Waals surface area contributed by atoms with E-state index in [2.05, 4.69) is 0 Å². The lowest BCUT2D eigenvalue weighted by Gasteiger charge is -2.14. The maximum Gasteiger partial charge on any atom is 0.417 e. The number of amides is 2. The summed E-state index contributed by atoms with van der Waals surface area (Å²) in [4.78, 5) is 24.8. The third-order valence-corrected chi connectivity index (χ3v) is 3.40. The highest BCUT2D eigenvalue weighted by Crippen LogP contribution is 2.28. The highest BCUT2D eigenvalue weighted by molar-refractivity contribution is 6.02. The molecule has 0 radical (unpaired) electrons. The van der Waals surface area contributed by atoms with Gasteiger partial charge in [0.1, 0.15) is 0 Å². The Morgan fingerprint density at radius 3 is 2.33 bits per heavy atom. The SMILES string of the molecule is COc1ccc(CCN2C(=O)OC(C)(C)C2=O)cc1OC. The summed E-state index contributed by atoms with van der Waals surface area (Å²) in [5, 5.41) is 0. The van der Waals surface area contributed by atoms with E-state index in [4.69, 9.17) is 14.2 Å². The van der Waals surface area contributed by atoms with E-state index < -0.39 is 11.7 Å². The Kier molecular flexibility index (Phi) is 4.06. The zero-order valence-electron chi connectivity index (χ0n) is 12.6. The zero-order chi connectivity index (χ0) is 15.6. The second-order valence-corrected chi connectivity index (χ2v) is 5.27. The van der Waals surface area contributed by atoms with E-state index in [1.807, 2.05) is 12.1 Å². The molecule has 6 heteroatoms. The molecule has 2 rings (SSSR count). The van der Waals surface area contributed by atoms with Crippen LogP contribution in [0.3, 0.4) is 0 Å². The second-order valence-electron chi connectivity index (χ2n) is 5.27. The number of methoxy groups -OCH3 is 2. The second kappa shape index (κ2) is 5.63. The minimum absolute atomic E-state index is 0.274. The minimum atomic E-state index is -1.07. The topological polar surface area (TPSA) is 65.1 Å². The van der Waals surface area contributed by atoms with Crippen molar-refractivity contribution in [1.82, 2.24) is 4.90 Å². The lowest BCUT2D eigenvalue weighted by atomic mass is 10.1. The van der Waals surface area contributed by atoms with Crippen LogP contribution in [0.25, 0.3) is 0 Å². The molecule has 6 nitrogen and oxygen atoms in total. The van der Waals surface area contributed by atoms with Crippen molar-refractivity contribution in [2.24, 2.45) is 0 Å². The van der Waals surface area contributed by atoms with E-state index >= 15 is 0 Å².